The first-order valence-electron chi connectivity index (χ1n) is 6.31. The first-order chi connectivity index (χ1) is 8.56. The van der Waals surface area contributed by atoms with Gasteiger partial charge in [-0.2, -0.15) is 0 Å². The molecule has 2 heteroatoms. The van der Waals surface area contributed by atoms with Crippen LogP contribution in [0.15, 0.2) is 35.9 Å². The van der Waals surface area contributed by atoms with E-state index >= 15 is 0 Å². The number of allylic oxidation sites excluding steroid dienone is 1. The van der Waals surface area contributed by atoms with Crippen molar-refractivity contribution in [3.8, 4) is 0 Å². The highest BCUT2D eigenvalue weighted by Crippen LogP contribution is 2.41. The molecular formula is C16H19ClO. The highest BCUT2D eigenvalue weighted by atomic mass is 35.5. The Morgan fingerprint density at radius 3 is 2.61 bits per heavy atom. The molecule has 0 heterocycles. The SMILES string of the molecule is C=C(C(CO)=C(C)C1CC1)c1c(C)cccc1Cl. The van der Waals surface area contributed by atoms with E-state index in [4.69, 9.17) is 11.6 Å². The van der Waals surface area contributed by atoms with Gasteiger partial charge in [-0.25, -0.2) is 0 Å². The van der Waals surface area contributed by atoms with Gasteiger partial charge in [0.1, 0.15) is 0 Å². The predicted octanol–water partition coefficient (Wildman–Crippen LogP) is 4.38. The van der Waals surface area contributed by atoms with E-state index < -0.39 is 0 Å². The van der Waals surface area contributed by atoms with Gasteiger partial charge in [-0.1, -0.05) is 35.9 Å². The molecule has 0 aliphatic heterocycles. The van der Waals surface area contributed by atoms with Crippen molar-refractivity contribution in [3.05, 3.63) is 52.1 Å². The van der Waals surface area contributed by atoms with Crippen molar-refractivity contribution in [2.45, 2.75) is 26.7 Å². The molecule has 96 valence electrons. The first kappa shape index (κ1) is 13.4. The fourth-order valence-electron chi connectivity index (χ4n) is 2.39. The van der Waals surface area contributed by atoms with E-state index in [9.17, 15) is 5.11 Å². The molecule has 18 heavy (non-hydrogen) atoms. The second-order valence-corrected chi connectivity index (χ2v) is 5.41. The molecule has 1 aliphatic carbocycles. The summed E-state index contributed by atoms with van der Waals surface area (Å²) in [5, 5.41) is 10.3. The average Bonchev–Trinajstić information content (AvgIpc) is 3.13. The Morgan fingerprint density at radius 1 is 1.44 bits per heavy atom. The van der Waals surface area contributed by atoms with Gasteiger partial charge in [-0.3, -0.25) is 0 Å². The number of aliphatic hydroxyl groups is 1. The lowest BCUT2D eigenvalue weighted by Crippen LogP contribution is -2.01. The Labute approximate surface area is 114 Å². The fourth-order valence-corrected chi connectivity index (χ4v) is 2.72. The van der Waals surface area contributed by atoms with Crippen LogP contribution in [-0.4, -0.2) is 11.7 Å². The van der Waals surface area contributed by atoms with Crippen LogP contribution in [0.2, 0.25) is 5.02 Å². The molecule has 0 amide bonds. The molecule has 1 aromatic rings. The maximum atomic E-state index is 9.62. The van der Waals surface area contributed by atoms with E-state index in [1.807, 2.05) is 25.1 Å². The van der Waals surface area contributed by atoms with Crippen molar-refractivity contribution in [1.82, 2.24) is 0 Å². The zero-order chi connectivity index (χ0) is 13.3. The van der Waals surface area contributed by atoms with E-state index in [2.05, 4.69) is 13.5 Å². The van der Waals surface area contributed by atoms with Crippen LogP contribution < -0.4 is 0 Å². The summed E-state index contributed by atoms with van der Waals surface area (Å²) in [5.41, 5.74) is 5.14. The molecule has 0 atom stereocenters. The Kier molecular flexibility index (Phi) is 3.94. The van der Waals surface area contributed by atoms with Crippen molar-refractivity contribution in [2.75, 3.05) is 6.61 Å². The first-order valence-corrected chi connectivity index (χ1v) is 6.69. The van der Waals surface area contributed by atoms with Crippen molar-refractivity contribution < 1.29 is 5.11 Å². The molecule has 1 N–H and O–H groups in total. The second-order valence-electron chi connectivity index (χ2n) is 5.00. The van der Waals surface area contributed by atoms with Crippen LogP contribution in [0.25, 0.3) is 5.57 Å². The molecule has 0 radical (unpaired) electrons. The third-order valence-corrected chi connectivity index (χ3v) is 4.03. The zero-order valence-electron chi connectivity index (χ0n) is 11.0. The maximum Gasteiger partial charge on any atom is 0.0687 e. The van der Waals surface area contributed by atoms with Gasteiger partial charge >= 0.3 is 0 Å². The van der Waals surface area contributed by atoms with Gasteiger partial charge in [0, 0.05) is 10.6 Å². The largest absolute Gasteiger partial charge is 0.392 e. The van der Waals surface area contributed by atoms with E-state index in [-0.39, 0.29) is 6.61 Å². The number of hydrogen-bond donors (Lipinski definition) is 1. The van der Waals surface area contributed by atoms with Crippen LogP contribution in [0, 0.1) is 12.8 Å². The summed E-state index contributed by atoms with van der Waals surface area (Å²) in [7, 11) is 0. The fraction of sp³-hybridized carbons (Fsp3) is 0.375. The molecule has 0 aromatic heterocycles. The molecule has 0 unspecified atom stereocenters. The Bertz CT molecular complexity index is 490. The molecule has 0 bridgehead atoms. The molecule has 1 fully saturated rings. The quantitative estimate of drug-likeness (QED) is 0.799. The minimum Gasteiger partial charge on any atom is -0.392 e. The Hall–Kier alpha value is -1.05. The summed E-state index contributed by atoms with van der Waals surface area (Å²) in [6.07, 6.45) is 2.45. The van der Waals surface area contributed by atoms with Gasteiger partial charge in [0.05, 0.1) is 6.61 Å². The van der Waals surface area contributed by atoms with Gasteiger partial charge < -0.3 is 5.11 Å². The lowest BCUT2D eigenvalue weighted by Gasteiger charge is -2.16. The molecule has 0 spiro atoms. The smallest absolute Gasteiger partial charge is 0.0687 e. The van der Waals surface area contributed by atoms with Gasteiger partial charge in [0.2, 0.25) is 0 Å². The highest BCUT2D eigenvalue weighted by molar-refractivity contribution is 6.32. The summed E-state index contributed by atoms with van der Waals surface area (Å²) in [6.45, 7) is 8.30. The second kappa shape index (κ2) is 5.29. The molecule has 1 aromatic carbocycles. The normalized spacial score (nSPS) is 16.4. The monoisotopic (exact) mass is 262 g/mol. The molecule has 1 nitrogen and oxygen atoms in total. The Balaban J connectivity index is 2.44. The summed E-state index contributed by atoms with van der Waals surface area (Å²) >= 11 is 6.26. The maximum absolute atomic E-state index is 9.62. The summed E-state index contributed by atoms with van der Waals surface area (Å²) in [4.78, 5) is 0. The van der Waals surface area contributed by atoms with Gasteiger partial charge in [0.15, 0.2) is 0 Å². The van der Waals surface area contributed by atoms with E-state index in [0.29, 0.717) is 10.9 Å². The third-order valence-electron chi connectivity index (χ3n) is 3.71. The van der Waals surface area contributed by atoms with Crippen LogP contribution in [0.5, 0.6) is 0 Å². The van der Waals surface area contributed by atoms with Crippen LogP contribution in [-0.2, 0) is 0 Å². The van der Waals surface area contributed by atoms with Crippen molar-refractivity contribution >= 4 is 17.2 Å². The van der Waals surface area contributed by atoms with E-state index in [0.717, 1.165) is 22.3 Å². The van der Waals surface area contributed by atoms with Crippen molar-refractivity contribution in [1.29, 1.82) is 0 Å². The standard InChI is InChI=1S/C16H19ClO/c1-10-5-4-6-15(17)16(10)12(3)14(9-18)11(2)13-7-8-13/h4-6,13,18H,3,7-9H2,1-2H3. The molecule has 2 rings (SSSR count). The average molecular weight is 263 g/mol. The van der Waals surface area contributed by atoms with Gasteiger partial charge in [-0.15, -0.1) is 0 Å². The van der Waals surface area contributed by atoms with Crippen LogP contribution in [0.3, 0.4) is 0 Å². The number of aliphatic hydroxyl groups excluding tert-OH is 1. The predicted molar refractivity (Wildman–Crippen MR) is 77.7 cm³/mol. The van der Waals surface area contributed by atoms with E-state index in [1.165, 1.54) is 18.4 Å². The minimum atomic E-state index is 0.0336. The molecule has 1 aliphatic rings. The molecular weight excluding hydrogens is 244 g/mol. The van der Waals surface area contributed by atoms with Gasteiger partial charge in [-0.05, 0) is 55.4 Å². The van der Waals surface area contributed by atoms with Gasteiger partial charge in [0.25, 0.3) is 0 Å². The van der Waals surface area contributed by atoms with Crippen LogP contribution in [0.4, 0.5) is 0 Å². The summed E-state index contributed by atoms with van der Waals surface area (Å²) in [6, 6.07) is 5.83. The minimum absolute atomic E-state index is 0.0336. The van der Waals surface area contributed by atoms with E-state index in [1.54, 1.807) is 0 Å². The summed E-state index contributed by atoms with van der Waals surface area (Å²) in [5.74, 6) is 0.631. The molecule has 1 saturated carbocycles. The zero-order valence-corrected chi connectivity index (χ0v) is 11.7. The Morgan fingerprint density at radius 2 is 2.11 bits per heavy atom. The number of halogens is 1. The molecule has 0 saturated heterocycles. The lowest BCUT2D eigenvalue weighted by molar-refractivity contribution is 0.334. The van der Waals surface area contributed by atoms with Crippen molar-refractivity contribution in [2.24, 2.45) is 5.92 Å². The van der Waals surface area contributed by atoms with Crippen LogP contribution >= 0.6 is 11.6 Å². The topological polar surface area (TPSA) is 20.2 Å². The van der Waals surface area contributed by atoms with Crippen LogP contribution in [0.1, 0.15) is 30.9 Å². The third kappa shape index (κ3) is 2.52. The number of aryl methyl sites for hydroxylation is 1. The number of hydrogen-bond acceptors (Lipinski definition) is 1. The highest BCUT2D eigenvalue weighted by Gasteiger charge is 2.26. The number of benzene rings is 1. The number of rotatable bonds is 4. The van der Waals surface area contributed by atoms with Crippen molar-refractivity contribution in [3.63, 3.8) is 0 Å². The summed E-state index contributed by atoms with van der Waals surface area (Å²) < 4.78 is 0. The lowest BCUT2D eigenvalue weighted by atomic mass is 9.92.